The highest BCUT2D eigenvalue weighted by molar-refractivity contribution is 9.09. The molecule has 0 aliphatic heterocycles. The summed E-state index contributed by atoms with van der Waals surface area (Å²) in [5, 5.41) is 2.96. The first-order chi connectivity index (χ1) is 10.2. The maximum absolute atomic E-state index is 12.2. The molecule has 0 spiro atoms. The number of carbonyl (C=O) groups excluding carboxylic acids is 1. The van der Waals surface area contributed by atoms with Gasteiger partial charge < -0.3 is 9.47 Å². The van der Waals surface area contributed by atoms with Crippen molar-refractivity contribution >= 4 is 32.5 Å². The fourth-order valence-corrected chi connectivity index (χ4v) is 2.67. The van der Waals surface area contributed by atoms with Crippen LogP contribution in [0.15, 0.2) is 30.3 Å². The molecule has 3 nitrogen and oxygen atoms in total. The fraction of sp³-hybridized carbons (Fsp3) is 0.353. The molecule has 0 atom stereocenters. The van der Waals surface area contributed by atoms with Crippen LogP contribution in [0, 0.1) is 0 Å². The van der Waals surface area contributed by atoms with Crippen LogP contribution in [-0.4, -0.2) is 25.3 Å². The Bertz CT molecular complexity index is 637. The number of alkyl halides is 1. The zero-order chi connectivity index (χ0) is 15.2. The zero-order valence-corrected chi connectivity index (χ0v) is 13.9. The van der Waals surface area contributed by atoms with E-state index in [0.29, 0.717) is 17.9 Å². The summed E-state index contributed by atoms with van der Waals surface area (Å²) in [5.74, 6) is 1.56. The Labute approximate surface area is 133 Å². The summed E-state index contributed by atoms with van der Waals surface area (Å²) in [5.41, 5.74) is 0.754. The highest BCUT2D eigenvalue weighted by Crippen LogP contribution is 2.32. The molecule has 0 N–H and O–H groups in total. The fourth-order valence-electron chi connectivity index (χ4n) is 2.27. The van der Waals surface area contributed by atoms with Crippen molar-refractivity contribution in [1.29, 1.82) is 0 Å². The van der Waals surface area contributed by atoms with Crippen LogP contribution in [0.25, 0.3) is 10.8 Å². The van der Waals surface area contributed by atoms with Gasteiger partial charge in [-0.15, -0.1) is 0 Å². The van der Waals surface area contributed by atoms with Crippen molar-refractivity contribution in [1.82, 2.24) is 0 Å². The summed E-state index contributed by atoms with van der Waals surface area (Å²) >= 11 is 3.38. The van der Waals surface area contributed by atoms with Crippen molar-refractivity contribution < 1.29 is 14.3 Å². The molecule has 0 aliphatic rings. The Morgan fingerprint density at radius 3 is 2.29 bits per heavy atom. The predicted molar refractivity (Wildman–Crippen MR) is 89.0 cm³/mol. The van der Waals surface area contributed by atoms with E-state index in [1.165, 1.54) is 0 Å². The molecule has 21 heavy (non-hydrogen) atoms. The lowest BCUT2D eigenvalue weighted by atomic mass is 10.0. The lowest BCUT2D eigenvalue weighted by molar-refractivity contribution is 0.0980. The molecule has 4 heteroatoms. The average Bonchev–Trinajstić information content (AvgIpc) is 2.52. The molecule has 112 valence electrons. The van der Waals surface area contributed by atoms with E-state index < -0.39 is 0 Å². The average molecular weight is 351 g/mol. The summed E-state index contributed by atoms with van der Waals surface area (Å²) < 4.78 is 10.6. The van der Waals surface area contributed by atoms with Gasteiger partial charge in [0.1, 0.15) is 0 Å². The van der Waals surface area contributed by atoms with Crippen LogP contribution in [-0.2, 0) is 0 Å². The molecular weight excluding hydrogens is 332 g/mol. The molecule has 0 fully saturated rings. The standard InChI is InChI=1S/C17H19BrO3/c1-20-16-10-12-6-7-13(15(19)5-3-4-8-18)9-14(12)11-17(16)21-2/h6-7,9-11H,3-5,8H2,1-2H3. The maximum atomic E-state index is 12.2. The number of Topliss-reactive ketones (excluding diaryl/α,β-unsaturated/α-hetero) is 1. The largest absolute Gasteiger partial charge is 0.493 e. The van der Waals surface area contributed by atoms with E-state index in [1.54, 1.807) is 14.2 Å². The number of unbranched alkanes of at least 4 members (excludes halogenated alkanes) is 1. The van der Waals surface area contributed by atoms with E-state index in [1.807, 2.05) is 30.3 Å². The number of rotatable bonds is 7. The zero-order valence-electron chi connectivity index (χ0n) is 12.3. The summed E-state index contributed by atoms with van der Waals surface area (Å²) in [7, 11) is 3.23. The van der Waals surface area contributed by atoms with Crippen molar-refractivity contribution in [3.05, 3.63) is 35.9 Å². The number of carbonyl (C=O) groups is 1. The third-order valence-corrected chi connectivity index (χ3v) is 4.01. The van der Waals surface area contributed by atoms with Gasteiger partial charge in [-0.3, -0.25) is 4.79 Å². The van der Waals surface area contributed by atoms with E-state index >= 15 is 0 Å². The molecule has 0 bridgehead atoms. The van der Waals surface area contributed by atoms with Gasteiger partial charge in [0.2, 0.25) is 0 Å². The van der Waals surface area contributed by atoms with Gasteiger partial charge in [0.05, 0.1) is 14.2 Å². The molecule has 2 aromatic rings. The molecule has 0 heterocycles. The van der Waals surface area contributed by atoms with Crippen LogP contribution in [0.4, 0.5) is 0 Å². The minimum atomic E-state index is 0.188. The van der Waals surface area contributed by atoms with Crippen molar-refractivity contribution in [2.45, 2.75) is 19.3 Å². The van der Waals surface area contributed by atoms with Gasteiger partial charge in [-0.1, -0.05) is 28.1 Å². The van der Waals surface area contributed by atoms with E-state index in [-0.39, 0.29) is 5.78 Å². The molecule has 0 saturated heterocycles. The number of halogens is 1. The molecular formula is C17H19BrO3. The first-order valence-electron chi connectivity index (χ1n) is 6.94. The first-order valence-corrected chi connectivity index (χ1v) is 8.06. The number of fused-ring (bicyclic) bond motifs is 1. The van der Waals surface area contributed by atoms with Crippen LogP contribution in [0.3, 0.4) is 0 Å². The second kappa shape index (κ2) is 7.46. The SMILES string of the molecule is COc1cc2ccc(C(=O)CCCCBr)cc2cc1OC. The number of ether oxygens (including phenoxy) is 2. The minimum absolute atomic E-state index is 0.188. The number of hydrogen-bond donors (Lipinski definition) is 0. The molecule has 0 saturated carbocycles. The first kappa shape index (κ1) is 15.8. The Kier molecular flexibility index (Phi) is 5.62. The lowest BCUT2D eigenvalue weighted by Gasteiger charge is -2.10. The third kappa shape index (κ3) is 3.76. The second-order valence-electron chi connectivity index (χ2n) is 4.84. The van der Waals surface area contributed by atoms with Gasteiger partial charge in [-0.2, -0.15) is 0 Å². The topological polar surface area (TPSA) is 35.5 Å². The second-order valence-corrected chi connectivity index (χ2v) is 5.63. The summed E-state index contributed by atoms with van der Waals surface area (Å²) in [6.07, 6.45) is 2.52. The normalized spacial score (nSPS) is 10.6. The van der Waals surface area contributed by atoms with Crippen molar-refractivity contribution in [3.8, 4) is 11.5 Å². The van der Waals surface area contributed by atoms with Gasteiger partial charge in [0.25, 0.3) is 0 Å². The molecule has 0 aromatic heterocycles. The van der Waals surface area contributed by atoms with Crippen LogP contribution in [0.5, 0.6) is 11.5 Å². The third-order valence-electron chi connectivity index (χ3n) is 3.45. The highest BCUT2D eigenvalue weighted by Gasteiger charge is 2.09. The number of hydrogen-bond acceptors (Lipinski definition) is 3. The van der Waals surface area contributed by atoms with Crippen molar-refractivity contribution in [2.24, 2.45) is 0 Å². The summed E-state index contributed by atoms with van der Waals surface area (Å²) in [6, 6.07) is 9.59. The molecule has 0 unspecified atom stereocenters. The predicted octanol–water partition coefficient (Wildman–Crippen LogP) is 4.60. The Morgan fingerprint density at radius 2 is 1.67 bits per heavy atom. The maximum Gasteiger partial charge on any atom is 0.162 e. The van der Waals surface area contributed by atoms with Crippen molar-refractivity contribution in [2.75, 3.05) is 19.5 Å². The Hall–Kier alpha value is -1.55. The van der Waals surface area contributed by atoms with Gasteiger partial charge >= 0.3 is 0 Å². The monoisotopic (exact) mass is 350 g/mol. The van der Waals surface area contributed by atoms with Gasteiger partial charge in [0, 0.05) is 17.3 Å². The summed E-state index contributed by atoms with van der Waals surface area (Å²) in [6.45, 7) is 0. The molecule has 0 aliphatic carbocycles. The smallest absolute Gasteiger partial charge is 0.162 e. The van der Waals surface area contributed by atoms with E-state index in [2.05, 4.69) is 15.9 Å². The van der Waals surface area contributed by atoms with Crippen molar-refractivity contribution in [3.63, 3.8) is 0 Å². The highest BCUT2D eigenvalue weighted by atomic mass is 79.9. The number of benzene rings is 2. The van der Waals surface area contributed by atoms with Gasteiger partial charge in [-0.05, 0) is 41.8 Å². The molecule has 0 amide bonds. The quantitative estimate of drug-likeness (QED) is 0.415. The number of methoxy groups -OCH3 is 2. The lowest BCUT2D eigenvalue weighted by Crippen LogP contribution is -1.99. The Morgan fingerprint density at radius 1 is 1.00 bits per heavy atom. The Balaban J connectivity index is 2.30. The number of ketones is 1. The van der Waals surface area contributed by atoms with E-state index in [9.17, 15) is 4.79 Å². The minimum Gasteiger partial charge on any atom is -0.493 e. The van der Waals surface area contributed by atoms with Crippen LogP contribution in [0.1, 0.15) is 29.6 Å². The summed E-state index contributed by atoms with van der Waals surface area (Å²) in [4.78, 5) is 12.2. The van der Waals surface area contributed by atoms with E-state index in [4.69, 9.17) is 9.47 Å². The van der Waals surface area contributed by atoms with E-state index in [0.717, 1.165) is 34.5 Å². The molecule has 0 radical (unpaired) electrons. The van der Waals surface area contributed by atoms with Gasteiger partial charge in [-0.25, -0.2) is 0 Å². The molecule has 2 rings (SSSR count). The van der Waals surface area contributed by atoms with Crippen LogP contribution < -0.4 is 9.47 Å². The van der Waals surface area contributed by atoms with Crippen LogP contribution in [0.2, 0.25) is 0 Å². The van der Waals surface area contributed by atoms with Gasteiger partial charge in [0.15, 0.2) is 17.3 Å². The van der Waals surface area contributed by atoms with Crippen LogP contribution >= 0.6 is 15.9 Å². The molecule has 2 aromatic carbocycles.